The van der Waals surface area contributed by atoms with Gasteiger partial charge < -0.3 is 5.32 Å². The van der Waals surface area contributed by atoms with Gasteiger partial charge in [0.1, 0.15) is 0 Å². The van der Waals surface area contributed by atoms with Gasteiger partial charge in [0.2, 0.25) is 5.91 Å². The van der Waals surface area contributed by atoms with Crippen LogP contribution in [0, 0.1) is 0 Å². The summed E-state index contributed by atoms with van der Waals surface area (Å²) in [6, 6.07) is 0. The number of hydrogen-bond acceptors (Lipinski definition) is 1. The fraction of sp³-hybridized carbons (Fsp3) is 0.273. The number of allylic oxidation sites excluding steroid dienone is 4. The molecule has 0 atom stereocenters. The number of carbonyl (C=O) groups is 1. The lowest BCUT2D eigenvalue weighted by Crippen LogP contribution is -2.20. The van der Waals surface area contributed by atoms with Crippen LogP contribution in [0.2, 0.25) is 0 Å². The quantitative estimate of drug-likeness (QED) is 0.654. The molecule has 1 N–H and O–H groups in total. The van der Waals surface area contributed by atoms with Crippen molar-refractivity contribution in [1.82, 2.24) is 5.32 Å². The molecule has 2 nitrogen and oxygen atoms in total. The molecular formula is C11H13NO. The van der Waals surface area contributed by atoms with Crippen LogP contribution in [0.4, 0.5) is 0 Å². The van der Waals surface area contributed by atoms with Crippen molar-refractivity contribution in [3.05, 3.63) is 41.8 Å². The Bertz CT molecular complexity index is 304. The van der Waals surface area contributed by atoms with Crippen molar-refractivity contribution in [1.29, 1.82) is 0 Å². The third-order valence-corrected chi connectivity index (χ3v) is 1.59. The first-order chi connectivity index (χ1) is 6.33. The molecule has 0 saturated carbocycles. The molecule has 0 aromatic heterocycles. The van der Waals surface area contributed by atoms with Crippen LogP contribution in [0.15, 0.2) is 41.8 Å². The average Bonchev–Trinajstić information content (AvgIpc) is 2.33. The molecule has 0 aliphatic heterocycles. The van der Waals surface area contributed by atoms with Crippen molar-refractivity contribution in [2.75, 3.05) is 0 Å². The molecule has 0 radical (unpaired) electrons. The SMILES string of the molecule is CCCC(=O)NC1=CC=C=CC=C1. The average molecular weight is 175 g/mol. The molecule has 1 aliphatic rings. The zero-order chi connectivity index (χ0) is 9.52. The minimum Gasteiger partial charge on any atom is -0.326 e. The van der Waals surface area contributed by atoms with Crippen molar-refractivity contribution in [3.8, 4) is 0 Å². The Morgan fingerprint density at radius 3 is 3.15 bits per heavy atom. The van der Waals surface area contributed by atoms with E-state index in [-0.39, 0.29) is 5.91 Å². The summed E-state index contributed by atoms with van der Waals surface area (Å²) in [6.07, 6.45) is 10.6. The van der Waals surface area contributed by atoms with E-state index in [1.807, 2.05) is 25.2 Å². The molecule has 0 aromatic carbocycles. The third-order valence-electron chi connectivity index (χ3n) is 1.59. The van der Waals surface area contributed by atoms with E-state index >= 15 is 0 Å². The molecule has 1 amide bonds. The van der Waals surface area contributed by atoms with Crippen LogP contribution in [-0.4, -0.2) is 5.91 Å². The second-order valence-electron chi connectivity index (χ2n) is 2.78. The lowest BCUT2D eigenvalue weighted by molar-refractivity contribution is -0.120. The van der Waals surface area contributed by atoms with Gasteiger partial charge >= 0.3 is 0 Å². The van der Waals surface area contributed by atoms with Crippen molar-refractivity contribution < 1.29 is 4.79 Å². The predicted molar refractivity (Wildman–Crippen MR) is 52.9 cm³/mol. The first kappa shape index (κ1) is 9.56. The number of hydrogen-bond donors (Lipinski definition) is 1. The Morgan fingerprint density at radius 1 is 1.54 bits per heavy atom. The number of rotatable bonds is 3. The van der Waals surface area contributed by atoms with Gasteiger partial charge in [0, 0.05) is 12.1 Å². The first-order valence-corrected chi connectivity index (χ1v) is 4.42. The Hall–Kier alpha value is -1.53. The maximum atomic E-state index is 11.2. The summed E-state index contributed by atoms with van der Waals surface area (Å²) in [5, 5.41) is 2.80. The molecule has 0 fully saturated rings. The van der Waals surface area contributed by atoms with Gasteiger partial charge in [0.05, 0.1) is 0 Å². The standard InChI is InChI=1S/C11H13NO/c1-2-7-11(13)12-10-8-5-3-4-6-9-10/h3,5-6,8-9H,2,7H2,1H3,(H,12,13). The highest BCUT2D eigenvalue weighted by Crippen LogP contribution is 1.98. The first-order valence-electron chi connectivity index (χ1n) is 4.42. The van der Waals surface area contributed by atoms with Crippen LogP contribution in [0.5, 0.6) is 0 Å². The zero-order valence-corrected chi connectivity index (χ0v) is 7.71. The van der Waals surface area contributed by atoms with Crippen molar-refractivity contribution in [2.24, 2.45) is 0 Å². The van der Waals surface area contributed by atoms with Crippen LogP contribution in [0.25, 0.3) is 0 Å². The van der Waals surface area contributed by atoms with Crippen LogP contribution >= 0.6 is 0 Å². The van der Waals surface area contributed by atoms with Gasteiger partial charge in [0.15, 0.2) is 0 Å². The highest BCUT2D eigenvalue weighted by molar-refractivity contribution is 5.78. The van der Waals surface area contributed by atoms with E-state index in [2.05, 4.69) is 11.0 Å². The van der Waals surface area contributed by atoms with Gasteiger partial charge in [-0.05, 0) is 30.7 Å². The molecule has 1 rings (SSSR count). The second-order valence-corrected chi connectivity index (χ2v) is 2.78. The molecule has 0 aromatic rings. The Morgan fingerprint density at radius 2 is 2.38 bits per heavy atom. The summed E-state index contributed by atoms with van der Waals surface area (Å²) in [7, 11) is 0. The van der Waals surface area contributed by atoms with Gasteiger partial charge in [-0.1, -0.05) is 13.0 Å². The monoisotopic (exact) mass is 175 g/mol. The van der Waals surface area contributed by atoms with Gasteiger partial charge in [-0.15, -0.1) is 5.73 Å². The molecule has 0 saturated heterocycles. The van der Waals surface area contributed by atoms with E-state index in [0.717, 1.165) is 12.1 Å². The second kappa shape index (κ2) is 5.18. The molecule has 68 valence electrons. The minimum atomic E-state index is 0.0636. The third kappa shape index (κ3) is 3.59. The normalized spacial score (nSPS) is 13.8. The molecular weight excluding hydrogens is 162 g/mol. The highest BCUT2D eigenvalue weighted by atomic mass is 16.1. The molecule has 0 spiro atoms. The number of amides is 1. The van der Waals surface area contributed by atoms with E-state index in [9.17, 15) is 4.79 Å². The molecule has 0 heterocycles. The van der Waals surface area contributed by atoms with E-state index in [4.69, 9.17) is 0 Å². The van der Waals surface area contributed by atoms with E-state index < -0.39 is 0 Å². The van der Waals surface area contributed by atoms with E-state index in [1.165, 1.54) is 0 Å². The van der Waals surface area contributed by atoms with Gasteiger partial charge in [-0.2, -0.15) is 0 Å². The summed E-state index contributed by atoms with van der Waals surface area (Å²) in [5.74, 6) is 0.0636. The molecule has 13 heavy (non-hydrogen) atoms. The zero-order valence-electron chi connectivity index (χ0n) is 7.71. The summed E-state index contributed by atoms with van der Waals surface area (Å²) < 4.78 is 0. The Labute approximate surface area is 78.3 Å². The van der Waals surface area contributed by atoms with Gasteiger partial charge in [0.25, 0.3) is 0 Å². The smallest absolute Gasteiger partial charge is 0.224 e. The Kier molecular flexibility index (Phi) is 3.80. The van der Waals surface area contributed by atoms with Gasteiger partial charge in [-0.3, -0.25) is 4.79 Å². The largest absolute Gasteiger partial charge is 0.326 e. The molecule has 1 aliphatic carbocycles. The number of nitrogens with one attached hydrogen (secondary N) is 1. The van der Waals surface area contributed by atoms with Crippen molar-refractivity contribution in [3.63, 3.8) is 0 Å². The van der Waals surface area contributed by atoms with Crippen LogP contribution in [0.1, 0.15) is 19.8 Å². The summed E-state index contributed by atoms with van der Waals surface area (Å²) >= 11 is 0. The lowest BCUT2D eigenvalue weighted by atomic mass is 10.3. The fourth-order valence-corrected chi connectivity index (χ4v) is 0.990. The van der Waals surface area contributed by atoms with Crippen LogP contribution in [0.3, 0.4) is 0 Å². The maximum absolute atomic E-state index is 11.2. The molecule has 0 unspecified atom stereocenters. The summed E-state index contributed by atoms with van der Waals surface area (Å²) in [5.41, 5.74) is 3.74. The van der Waals surface area contributed by atoms with E-state index in [0.29, 0.717) is 6.42 Å². The number of carbonyl (C=O) groups excluding carboxylic acids is 1. The van der Waals surface area contributed by atoms with Crippen molar-refractivity contribution in [2.45, 2.75) is 19.8 Å². The van der Waals surface area contributed by atoms with Crippen LogP contribution < -0.4 is 5.32 Å². The summed E-state index contributed by atoms with van der Waals surface area (Å²) in [4.78, 5) is 11.2. The molecule has 2 heteroatoms. The highest BCUT2D eigenvalue weighted by Gasteiger charge is 1.99. The minimum absolute atomic E-state index is 0.0636. The topological polar surface area (TPSA) is 29.1 Å². The predicted octanol–water partition coefficient (Wildman–Crippen LogP) is 2.07. The van der Waals surface area contributed by atoms with E-state index in [1.54, 1.807) is 12.2 Å². The Balaban J connectivity index is 2.50. The van der Waals surface area contributed by atoms with Gasteiger partial charge in [-0.25, -0.2) is 0 Å². The molecule has 0 bridgehead atoms. The maximum Gasteiger partial charge on any atom is 0.224 e. The van der Waals surface area contributed by atoms with Crippen molar-refractivity contribution >= 4 is 5.91 Å². The lowest BCUT2D eigenvalue weighted by Gasteiger charge is -2.02. The fourth-order valence-electron chi connectivity index (χ4n) is 0.990. The summed E-state index contributed by atoms with van der Waals surface area (Å²) in [6.45, 7) is 1.98. The van der Waals surface area contributed by atoms with Crippen LogP contribution in [-0.2, 0) is 4.79 Å².